The molecule has 0 saturated heterocycles. The van der Waals surface area contributed by atoms with Crippen LogP contribution in [-0.4, -0.2) is 52.2 Å². The zero-order chi connectivity index (χ0) is 19.2. The first kappa shape index (κ1) is 21.2. The summed E-state index contributed by atoms with van der Waals surface area (Å²) in [5.74, 6) is 0.499. The number of rotatable bonds is 5. The van der Waals surface area contributed by atoms with Crippen LogP contribution in [0, 0.1) is 0 Å². The molecule has 25 heavy (non-hydrogen) atoms. The molecule has 1 aromatic heterocycles. The van der Waals surface area contributed by atoms with Crippen molar-refractivity contribution in [1.29, 1.82) is 0 Å². The van der Waals surface area contributed by atoms with Gasteiger partial charge < -0.3 is 20.7 Å². The smallest absolute Gasteiger partial charge is 0.446 e. The third kappa shape index (κ3) is 6.16. The fourth-order valence-electron chi connectivity index (χ4n) is 1.79. The first-order valence-corrected chi connectivity index (χ1v) is 7.34. The van der Waals surface area contributed by atoms with Gasteiger partial charge in [-0.25, -0.2) is 0 Å². The number of carbonyl (C=O) groups excluding carboxylic acids is 1. The number of aldehydes is 1. The second-order valence-corrected chi connectivity index (χ2v) is 5.44. The van der Waals surface area contributed by atoms with Crippen molar-refractivity contribution in [2.75, 3.05) is 13.2 Å². The van der Waals surface area contributed by atoms with Crippen LogP contribution < -0.4 is 10.5 Å². The summed E-state index contributed by atoms with van der Waals surface area (Å²) in [7, 11) is 0. The Hall–Kier alpha value is -1.88. The number of nitrogens with zero attached hydrogens (tertiary/aromatic N) is 1. The standard InChI is InChI=1S/C12H16ClN3O3.C2HF3O/c1-6(14)8-2-10(13)9-3-15-16-11(9)12(8)19-5-7(18)4-17;3-2(4,5)1-6/h2-3,6-7,17-18H,4-5,14H2,1H3,(H,15,16);1H. The van der Waals surface area contributed by atoms with E-state index in [-0.39, 0.29) is 19.3 Å². The fourth-order valence-corrected chi connectivity index (χ4v) is 2.05. The van der Waals surface area contributed by atoms with Crippen LogP contribution in [0.25, 0.3) is 10.9 Å². The number of aliphatic hydroxyl groups is 2. The molecule has 0 spiro atoms. The molecule has 2 atom stereocenters. The van der Waals surface area contributed by atoms with Crippen molar-refractivity contribution in [3.05, 3.63) is 22.8 Å². The molecule has 2 aromatic rings. The number of hydrogen-bond acceptors (Lipinski definition) is 6. The Kier molecular flexibility index (Phi) is 7.61. The highest BCUT2D eigenvalue weighted by molar-refractivity contribution is 6.35. The van der Waals surface area contributed by atoms with Gasteiger partial charge in [-0.3, -0.25) is 9.89 Å². The summed E-state index contributed by atoms with van der Waals surface area (Å²) in [6.45, 7) is 1.41. The zero-order valence-electron chi connectivity index (χ0n) is 13.0. The molecule has 7 nitrogen and oxygen atoms in total. The number of nitrogens with one attached hydrogen (secondary N) is 1. The monoisotopic (exact) mass is 383 g/mol. The number of aromatic amines is 1. The van der Waals surface area contributed by atoms with Crippen LogP contribution in [0.15, 0.2) is 12.3 Å². The van der Waals surface area contributed by atoms with Crippen LogP contribution in [0.4, 0.5) is 13.2 Å². The minimum Gasteiger partial charge on any atom is -0.488 e. The highest BCUT2D eigenvalue weighted by atomic mass is 35.5. The predicted octanol–water partition coefficient (Wildman–Crippen LogP) is 1.72. The van der Waals surface area contributed by atoms with Crippen LogP contribution in [0.2, 0.25) is 5.02 Å². The van der Waals surface area contributed by atoms with Crippen molar-refractivity contribution in [3.63, 3.8) is 0 Å². The van der Waals surface area contributed by atoms with Crippen molar-refractivity contribution in [2.45, 2.75) is 25.2 Å². The first-order chi connectivity index (χ1) is 11.6. The van der Waals surface area contributed by atoms with Gasteiger partial charge in [0.2, 0.25) is 6.29 Å². The van der Waals surface area contributed by atoms with Crippen LogP contribution in [0.5, 0.6) is 5.75 Å². The minimum absolute atomic E-state index is 0.0357. The molecule has 0 amide bonds. The number of benzene rings is 1. The number of carbonyl (C=O) groups is 1. The second kappa shape index (κ2) is 8.99. The molecule has 5 N–H and O–H groups in total. The number of aromatic nitrogens is 2. The van der Waals surface area contributed by atoms with E-state index in [1.54, 1.807) is 12.3 Å². The molecule has 2 rings (SSSR count). The van der Waals surface area contributed by atoms with Crippen LogP contribution in [0.1, 0.15) is 18.5 Å². The second-order valence-electron chi connectivity index (χ2n) is 5.03. The van der Waals surface area contributed by atoms with Crippen molar-refractivity contribution in [2.24, 2.45) is 5.73 Å². The van der Waals surface area contributed by atoms with Crippen LogP contribution in [0.3, 0.4) is 0 Å². The van der Waals surface area contributed by atoms with Gasteiger partial charge >= 0.3 is 6.18 Å². The Bertz CT molecular complexity index is 706. The third-order valence-electron chi connectivity index (χ3n) is 2.92. The Balaban J connectivity index is 0.000000450. The number of H-pyrrole nitrogens is 1. The minimum atomic E-state index is -4.64. The molecule has 0 aliphatic heterocycles. The summed E-state index contributed by atoms with van der Waals surface area (Å²) < 4.78 is 36.8. The van der Waals surface area contributed by atoms with Gasteiger partial charge in [-0.2, -0.15) is 18.3 Å². The Morgan fingerprint density at radius 1 is 1.52 bits per heavy atom. The van der Waals surface area contributed by atoms with E-state index in [9.17, 15) is 18.3 Å². The Morgan fingerprint density at radius 3 is 2.60 bits per heavy atom. The molecule has 0 aliphatic rings. The highest BCUT2D eigenvalue weighted by Gasteiger charge is 2.24. The number of halogens is 4. The van der Waals surface area contributed by atoms with E-state index < -0.39 is 18.6 Å². The average Bonchev–Trinajstić information content (AvgIpc) is 3.03. The summed E-state index contributed by atoms with van der Waals surface area (Å²) in [6.07, 6.45) is -5.06. The van der Waals surface area contributed by atoms with Gasteiger partial charge in [0.05, 0.1) is 17.8 Å². The predicted molar refractivity (Wildman–Crippen MR) is 84.4 cm³/mol. The third-order valence-corrected chi connectivity index (χ3v) is 3.24. The molecule has 0 fully saturated rings. The van der Waals surface area contributed by atoms with Crippen molar-refractivity contribution in [3.8, 4) is 5.75 Å². The number of hydrogen-bond donors (Lipinski definition) is 4. The molecule has 140 valence electrons. The highest BCUT2D eigenvalue weighted by Crippen LogP contribution is 2.36. The van der Waals surface area contributed by atoms with Gasteiger partial charge in [-0.05, 0) is 13.0 Å². The molecule has 0 radical (unpaired) electrons. The Morgan fingerprint density at radius 2 is 2.12 bits per heavy atom. The lowest BCUT2D eigenvalue weighted by Gasteiger charge is -2.17. The quantitative estimate of drug-likeness (QED) is 0.583. The van der Waals surface area contributed by atoms with Crippen molar-refractivity contribution in [1.82, 2.24) is 10.2 Å². The fraction of sp³-hybridized carbons (Fsp3) is 0.429. The van der Waals surface area contributed by atoms with E-state index in [0.717, 1.165) is 5.39 Å². The van der Waals surface area contributed by atoms with E-state index in [0.29, 0.717) is 21.9 Å². The van der Waals surface area contributed by atoms with E-state index in [1.165, 1.54) is 0 Å². The van der Waals surface area contributed by atoms with Gasteiger partial charge in [0.25, 0.3) is 0 Å². The number of ether oxygens (including phenoxy) is 1. The van der Waals surface area contributed by atoms with Gasteiger partial charge in [-0.15, -0.1) is 0 Å². The number of alkyl halides is 3. The lowest BCUT2D eigenvalue weighted by atomic mass is 10.1. The molecular formula is C14H17ClF3N3O4. The van der Waals surface area contributed by atoms with E-state index in [4.69, 9.17) is 32.0 Å². The summed E-state index contributed by atoms with van der Waals surface area (Å²) in [5, 5.41) is 26.2. The average molecular weight is 384 g/mol. The summed E-state index contributed by atoms with van der Waals surface area (Å²) in [5.41, 5.74) is 7.24. The normalized spacial score (nSPS) is 13.8. The molecule has 0 saturated carbocycles. The topological polar surface area (TPSA) is 121 Å². The summed E-state index contributed by atoms with van der Waals surface area (Å²) >= 11 is 6.15. The van der Waals surface area contributed by atoms with Crippen LogP contribution in [-0.2, 0) is 4.79 Å². The number of nitrogens with two attached hydrogens (primary N) is 1. The molecule has 1 heterocycles. The largest absolute Gasteiger partial charge is 0.488 e. The molecule has 11 heteroatoms. The van der Waals surface area contributed by atoms with Crippen molar-refractivity contribution < 1.29 is 32.9 Å². The van der Waals surface area contributed by atoms with E-state index in [2.05, 4.69) is 10.2 Å². The van der Waals surface area contributed by atoms with Gasteiger partial charge in [-0.1, -0.05) is 11.6 Å². The van der Waals surface area contributed by atoms with Crippen molar-refractivity contribution >= 4 is 28.8 Å². The van der Waals surface area contributed by atoms with Gasteiger partial charge in [0.15, 0.2) is 0 Å². The molecule has 1 aromatic carbocycles. The molecule has 2 unspecified atom stereocenters. The Labute approximate surface area is 145 Å². The number of aliphatic hydroxyl groups excluding tert-OH is 2. The molecular weight excluding hydrogens is 367 g/mol. The summed E-state index contributed by atoms with van der Waals surface area (Å²) in [4.78, 5) is 8.70. The van der Waals surface area contributed by atoms with Crippen LogP contribution >= 0.6 is 11.6 Å². The SMILES string of the molecule is CC(N)c1cc(Cl)c2cn[nH]c2c1OCC(O)CO.O=CC(F)(F)F. The van der Waals surface area contributed by atoms with Gasteiger partial charge in [0, 0.05) is 17.0 Å². The van der Waals surface area contributed by atoms with E-state index in [1.807, 2.05) is 6.92 Å². The lowest BCUT2D eigenvalue weighted by molar-refractivity contribution is -0.156. The maximum atomic E-state index is 10.4. The molecule has 0 bridgehead atoms. The van der Waals surface area contributed by atoms with E-state index >= 15 is 0 Å². The number of fused-ring (bicyclic) bond motifs is 1. The summed E-state index contributed by atoms with van der Waals surface area (Å²) in [6, 6.07) is 1.44. The maximum Gasteiger partial charge on any atom is 0.446 e. The zero-order valence-corrected chi connectivity index (χ0v) is 13.8. The first-order valence-electron chi connectivity index (χ1n) is 6.96. The maximum absolute atomic E-state index is 10.4. The van der Waals surface area contributed by atoms with Gasteiger partial charge in [0.1, 0.15) is 24.0 Å². The lowest BCUT2D eigenvalue weighted by Crippen LogP contribution is -2.22. The molecule has 0 aliphatic carbocycles.